The van der Waals surface area contributed by atoms with Crippen LogP contribution in [0.1, 0.15) is 122 Å². The van der Waals surface area contributed by atoms with Crippen LogP contribution >= 0.6 is 0 Å². The van der Waals surface area contributed by atoms with Crippen LogP contribution in [-0.4, -0.2) is 73.7 Å². The second kappa shape index (κ2) is 34.0. The van der Waals surface area contributed by atoms with Gasteiger partial charge in [-0.1, -0.05) is 81.7 Å². The molecule has 0 unspecified atom stereocenters. The van der Waals surface area contributed by atoms with Gasteiger partial charge in [-0.15, -0.1) is 0 Å². The molecule has 2 aliphatic carbocycles. The number of hydrogen-bond donors (Lipinski definition) is 0. The van der Waals surface area contributed by atoms with E-state index in [2.05, 4.69) is 0 Å². The second-order valence-electron chi connectivity index (χ2n) is 13.6. The largest absolute Gasteiger partial charge is 0.494 e. The minimum absolute atomic E-state index is 0.230. The summed E-state index contributed by atoms with van der Waals surface area (Å²) in [4.78, 5) is 0. The number of para-hydroxylation sites is 1. The number of rotatable bonds is 20. The van der Waals surface area contributed by atoms with E-state index in [1.165, 1.54) is 82.6 Å². The van der Waals surface area contributed by atoms with Gasteiger partial charge in [-0.05, 0) is 101 Å². The first-order valence-corrected chi connectivity index (χ1v) is 19.5. The molecule has 0 aliphatic heterocycles. The number of unbranched alkanes of at least 4 members (excludes halogenated alkanes) is 2. The van der Waals surface area contributed by atoms with E-state index in [0.29, 0.717) is 12.7 Å². The minimum atomic E-state index is 0.230. The molecule has 0 radical (unpaired) electrons. The van der Waals surface area contributed by atoms with E-state index in [9.17, 15) is 0 Å². The van der Waals surface area contributed by atoms with Crippen LogP contribution in [0.4, 0.5) is 0 Å². The second-order valence-corrected chi connectivity index (χ2v) is 13.6. The topological polar surface area (TPSA) is 64.6 Å². The maximum absolute atomic E-state index is 5.77. The highest BCUT2D eigenvalue weighted by molar-refractivity contribution is 5.27. The predicted molar refractivity (Wildman–Crippen MR) is 208 cm³/mol. The van der Waals surface area contributed by atoms with Gasteiger partial charge in [-0.2, -0.15) is 0 Å². The zero-order chi connectivity index (χ0) is 36.3. The molecule has 0 aromatic heterocycles. The van der Waals surface area contributed by atoms with Crippen molar-refractivity contribution < 1.29 is 33.2 Å². The summed E-state index contributed by atoms with van der Waals surface area (Å²) in [6, 6.07) is 17.8. The lowest BCUT2D eigenvalue weighted by Crippen LogP contribution is -2.17. The third kappa shape index (κ3) is 27.5. The summed E-state index contributed by atoms with van der Waals surface area (Å²) in [5.74, 6) is 2.88. The third-order valence-corrected chi connectivity index (χ3v) is 8.70. The summed E-state index contributed by atoms with van der Waals surface area (Å²) in [5.41, 5.74) is 1.17. The normalized spacial score (nSPS) is 14.8. The Kier molecular flexibility index (Phi) is 31.1. The van der Waals surface area contributed by atoms with Gasteiger partial charge in [-0.25, -0.2) is 0 Å². The van der Waals surface area contributed by atoms with Gasteiger partial charge >= 0.3 is 0 Å². The average molecular weight is 703 g/mol. The van der Waals surface area contributed by atoms with Crippen LogP contribution < -0.4 is 9.47 Å². The third-order valence-electron chi connectivity index (χ3n) is 8.70. The molecule has 2 aromatic carbocycles. The first kappa shape index (κ1) is 45.9. The van der Waals surface area contributed by atoms with Gasteiger partial charge in [0.2, 0.25) is 0 Å². The first-order valence-electron chi connectivity index (χ1n) is 19.5. The van der Waals surface area contributed by atoms with Gasteiger partial charge in [0, 0.05) is 54.9 Å². The summed E-state index contributed by atoms with van der Waals surface area (Å²) in [7, 11) is 6.96. The molecule has 2 aromatic rings. The van der Waals surface area contributed by atoms with E-state index in [4.69, 9.17) is 33.2 Å². The molecule has 0 atom stereocenters. The van der Waals surface area contributed by atoms with E-state index in [1.807, 2.05) is 68.4 Å². The highest BCUT2D eigenvalue weighted by atomic mass is 16.5. The Labute approximate surface area is 307 Å². The van der Waals surface area contributed by atoms with Crippen molar-refractivity contribution in [2.75, 3.05) is 61.5 Å². The van der Waals surface area contributed by atoms with Gasteiger partial charge in [0.15, 0.2) is 0 Å². The summed E-state index contributed by atoms with van der Waals surface area (Å²) in [5, 5.41) is 0. The van der Waals surface area contributed by atoms with Crippen LogP contribution in [0.2, 0.25) is 0 Å². The van der Waals surface area contributed by atoms with Gasteiger partial charge in [0.05, 0.1) is 25.4 Å². The van der Waals surface area contributed by atoms with Gasteiger partial charge in [-0.3, -0.25) is 0 Å². The molecule has 2 saturated carbocycles. The van der Waals surface area contributed by atoms with Crippen molar-refractivity contribution >= 4 is 0 Å². The molecule has 288 valence electrons. The van der Waals surface area contributed by atoms with Crippen molar-refractivity contribution in [3.8, 4) is 11.5 Å². The van der Waals surface area contributed by atoms with Crippen molar-refractivity contribution in [1.29, 1.82) is 0 Å². The monoisotopic (exact) mass is 703 g/mol. The van der Waals surface area contributed by atoms with Gasteiger partial charge in [0.1, 0.15) is 11.5 Å². The van der Waals surface area contributed by atoms with Crippen LogP contribution in [0, 0.1) is 5.92 Å². The molecule has 0 saturated heterocycles. The summed E-state index contributed by atoms with van der Waals surface area (Å²) in [6.45, 7) is 9.03. The Balaban J connectivity index is 0.000000334. The van der Waals surface area contributed by atoms with E-state index in [-0.39, 0.29) is 6.10 Å². The fourth-order valence-corrected chi connectivity index (χ4v) is 5.98. The molecule has 0 N–H and O–H groups in total. The van der Waals surface area contributed by atoms with E-state index in [1.54, 1.807) is 28.4 Å². The molecule has 2 aliphatic rings. The SMILES string of the molecule is COCCCC1CCCCC1.COCCCCOC1CCCCC1.COCCCCOc1ccccc1.COCc1ccc(OC(C)C)cc1. The fraction of sp³-hybridized carbons (Fsp3) is 0.721. The molecule has 7 nitrogen and oxygen atoms in total. The lowest BCUT2D eigenvalue weighted by Gasteiger charge is -2.21. The van der Waals surface area contributed by atoms with Crippen LogP contribution in [-0.2, 0) is 30.3 Å². The molecule has 7 heteroatoms. The zero-order valence-corrected chi connectivity index (χ0v) is 32.8. The lowest BCUT2D eigenvalue weighted by molar-refractivity contribution is 0.0240. The summed E-state index contributed by atoms with van der Waals surface area (Å²) in [6.07, 6.45) is 21.9. The summed E-state index contributed by atoms with van der Waals surface area (Å²) >= 11 is 0. The van der Waals surface area contributed by atoms with Crippen molar-refractivity contribution in [2.45, 2.75) is 135 Å². The van der Waals surface area contributed by atoms with E-state index < -0.39 is 0 Å². The maximum atomic E-state index is 5.77. The molecular formula is C43H74O7. The predicted octanol–water partition coefficient (Wildman–Crippen LogP) is 10.9. The molecule has 4 rings (SSSR count). The van der Waals surface area contributed by atoms with E-state index in [0.717, 1.165) is 76.1 Å². The Morgan fingerprint density at radius 3 is 1.64 bits per heavy atom. The summed E-state index contributed by atoms with van der Waals surface area (Å²) < 4.78 is 36.7. The molecule has 0 amide bonds. The zero-order valence-electron chi connectivity index (χ0n) is 32.8. The maximum Gasteiger partial charge on any atom is 0.119 e. The van der Waals surface area contributed by atoms with E-state index >= 15 is 0 Å². The van der Waals surface area contributed by atoms with Crippen LogP contribution in [0.5, 0.6) is 11.5 Å². The fourth-order valence-electron chi connectivity index (χ4n) is 5.98. The van der Waals surface area contributed by atoms with Gasteiger partial charge < -0.3 is 33.2 Å². The number of ether oxygens (including phenoxy) is 7. The molecule has 0 heterocycles. The standard InChI is InChI=1S/C11H16O2.C11H22O2.C11H16O2.C10H20O/c1-9(2)13-11-6-4-10(5-7-11)8-12-3;2*1-12-9-5-6-10-13-11-7-3-2-4-8-11;1-11-9-5-8-10-6-3-2-4-7-10/h4-7,9H,8H2,1-3H3;11H,2-10H2,1H3;2-4,7-8H,5-6,9-10H2,1H3;10H,2-9H2,1H3. The Bertz CT molecular complexity index is 941. The molecule has 0 bridgehead atoms. The van der Waals surface area contributed by atoms with Crippen molar-refractivity contribution in [1.82, 2.24) is 0 Å². The molecule has 50 heavy (non-hydrogen) atoms. The van der Waals surface area contributed by atoms with Gasteiger partial charge in [0.25, 0.3) is 0 Å². The number of hydrogen-bond acceptors (Lipinski definition) is 7. The molecule has 2 fully saturated rings. The van der Waals surface area contributed by atoms with Crippen molar-refractivity contribution in [3.63, 3.8) is 0 Å². The van der Waals surface area contributed by atoms with Crippen molar-refractivity contribution in [2.24, 2.45) is 5.92 Å². The minimum Gasteiger partial charge on any atom is -0.494 e. The quantitative estimate of drug-likeness (QED) is 0.127. The number of benzene rings is 2. The Morgan fingerprint density at radius 2 is 1.08 bits per heavy atom. The Morgan fingerprint density at radius 1 is 0.540 bits per heavy atom. The smallest absolute Gasteiger partial charge is 0.119 e. The molecular weight excluding hydrogens is 628 g/mol. The highest BCUT2D eigenvalue weighted by Crippen LogP contribution is 2.27. The lowest BCUT2D eigenvalue weighted by atomic mass is 9.86. The molecule has 0 spiro atoms. The first-order chi connectivity index (χ1) is 24.5. The van der Waals surface area contributed by atoms with Crippen LogP contribution in [0.15, 0.2) is 54.6 Å². The number of methoxy groups -OCH3 is 4. The highest BCUT2D eigenvalue weighted by Gasteiger charge is 2.13. The van der Waals surface area contributed by atoms with Crippen LogP contribution in [0.3, 0.4) is 0 Å². The van der Waals surface area contributed by atoms with Crippen molar-refractivity contribution in [3.05, 3.63) is 60.2 Å². The average Bonchev–Trinajstić information content (AvgIpc) is 3.14. The Hall–Kier alpha value is -2.16. The van der Waals surface area contributed by atoms with Crippen LogP contribution in [0.25, 0.3) is 0 Å².